The van der Waals surface area contributed by atoms with Gasteiger partial charge in [0.15, 0.2) is 10.2 Å². The van der Waals surface area contributed by atoms with E-state index >= 15 is 0 Å². The van der Waals surface area contributed by atoms with Gasteiger partial charge in [-0.1, -0.05) is 22.9 Å². The SMILES string of the molecule is O=[S@](CCC(F)=C(F)F)c1ncc(Cl)s1. The molecule has 0 saturated heterocycles. The molecule has 0 aliphatic carbocycles. The average molecular weight is 276 g/mol. The van der Waals surface area contributed by atoms with Gasteiger partial charge in [0.1, 0.15) is 4.34 Å². The van der Waals surface area contributed by atoms with Crippen LogP contribution in [-0.4, -0.2) is 14.9 Å². The summed E-state index contributed by atoms with van der Waals surface area (Å²) in [6.45, 7) is 0. The Morgan fingerprint density at radius 2 is 2.20 bits per heavy atom. The van der Waals surface area contributed by atoms with E-state index in [4.69, 9.17) is 11.6 Å². The van der Waals surface area contributed by atoms with E-state index in [2.05, 4.69) is 4.98 Å². The summed E-state index contributed by atoms with van der Waals surface area (Å²) < 4.78 is 47.6. The molecule has 0 bridgehead atoms. The molecule has 0 unspecified atom stereocenters. The number of hydrogen-bond donors (Lipinski definition) is 0. The topological polar surface area (TPSA) is 30.0 Å². The highest BCUT2D eigenvalue weighted by Crippen LogP contribution is 2.22. The van der Waals surface area contributed by atoms with Crippen LogP contribution in [0.2, 0.25) is 4.34 Å². The molecule has 1 aromatic heterocycles. The first-order chi connectivity index (χ1) is 7.00. The molecular formula is C7H5ClF3NOS2. The van der Waals surface area contributed by atoms with E-state index in [-0.39, 0.29) is 10.1 Å². The van der Waals surface area contributed by atoms with Crippen LogP contribution in [0.15, 0.2) is 22.4 Å². The molecule has 0 saturated carbocycles. The lowest BCUT2D eigenvalue weighted by Crippen LogP contribution is -1.98. The second kappa shape index (κ2) is 5.62. The number of allylic oxidation sites excluding steroid dienone is 1. The molecule has 84 valence electrons. The quantitative estimate of drug-likeness (QED) is 0.843. The lowest BCUT2D eigenvalue weighted by molar-refractivity contribution is 0.373. The maximum absolute atomic E-state index is 12.4. The van der Waals surface area contributed by atoms with Crippen LogP contribution in [0.1, 0.15) is 6.42 Å². The van der Waals surface area contributed by atoms with Crippen LogP contribution in [-0.2, 0) is 10.8 Å². The van der Waals surface area contributed by atoms with Crippen molar-refractivity contribution in [1.29, 1.82) is 0 Å². The number of nitrogens with zero attached hydrogens (tertiary/aromatic N) is 1. The van der Waals surface area contributed by atoms with Crippen molar-refractivity contribution in [2.24, 2.45) is 0 Å². The molecule has 0 aromatic carbocycles. The van der Waals surface area contributed by atoms with Gasteiger partial charge in [0.2, 0.25) is 0 Å². The number of hydrogen-bond acceptors (Lipinski definition) is 3. The minimum Gasteiger partial charge on any atom is -0.252 e. The first kappa shape index (κ1) is 12.7. The van der Waals surface area contributed by atoms with E-state index in [9.17, 15) is 17.4 Å². The van der Waals surface area contributed by atoms with E-state index in [1.165, 1.54) is 6.20 Å². The number of halogens is 4. The smallest absolute Gasteiger partial charge is 0.252 e. The van der Waals surface area contributed by atoms with E-state index in [0.29, 0.717) is 4.34 Å². The van der Waals surface area contributed by atoms with Crippen LogP contribution in [0.3, 0.4) is 0 Å². The zero-order valence-electron chi connectivity index (χ0n) is 7.18. The largest absolute Gasteiger partial charge is 0.301 e. The molecule has 1 atom stereocenters. The Bertz CT molecular complexity index is 403. The van der Waals surface area contributed by atoms with Gasteiger partial charge in [-0.2, -0.15) is 8.78 Å². The normalized spacial score (nSPS) is 12.5. The highest BCUT2D eigenvalue weighted by molar-refractivity contribution is 7.87. The Labute approximate surface area is 95.2 Å². The van der Waals surface area contributed by atoms with Crippen molar-refractivity contribution in [1.82, 2.24) is 4.98 Å². The Hall–Kier alpha value is -0.400. The highest BCUT2D eigenvalue weighted by Gasteiger charge is 2.12. The molecule has 0 spiro atoms. The number of aromatic nitrogens is 1. The van der Waals surface area contributed by atoms with Gasteiger partial charge in [0.25, 0.3) is 0 Å². The summed E-state index contributed by atoms with van der Waals surface area (Å²) in [5, 5.41) is 0. The first-order valence-electron chi connectivity index (χ1n) is 3.70. The fraction of sp³-hybridized carbons (Fsp3) is 0.286. The highest BCUT2D eigenvalue weighted by atomic mass is 35.5. The first-order valence-corrected chi connectivity index (χ1v) is 6.21. The maximum atomic E-state index is 12.4. The summed E-state index contributed by atoms with van der Waals surface area (Å²) in [4.78, 5) is 3.70. The molecule has 0 aliphatic heterocycles. The van der Waals surface area contributed by atoms with Gasteiger partial charge < -0.3 is 0 Å². The van der Waals surface area contributed by atoms with Crippen molar-refractivity contribution in [3.05, 3.63) is 22.4 Å². The van der Waals surface area contributed by atoms with Crippen LogP contribution in [0, 0.1) is 0 Å². The van der Waals surface area contributed by atoms with E-state index < -0.39 is 29.1 Å². The van der Waals surface area contributed by atoms with Gasteiger partial charge in [-0.05, 0) is 0 Å². The molecule has 2 nitrogen and oxygen atoms in total. The predicted octanol–water partition coefficient (Wildman–Crippen LogP) is 3.37. The molecule has 1 aromatic rings. The number of rotatable bonds is 4. The van der Waals surface area contributed by atoms with Gasteiger partial charge >= 0.3 is 6.08 Å². The van der Waals surface area contributed by atoms with Gasteiger partial charge in [0.05, 0.1) is 17.0 Å². The Balaban J connectivity index is 2.54. The van der Waals surface area contributed by atoms with Crippen molar-refractivity contribution in [2.45, 2.75) is 10.8 Å². The molecule has 15 heavy (non-hydrogen) atoms. The summed E-state index contributed by atoms with van der Waals surface area (Å²) in [6, 6.07) is 0. The molecule has 8 heteroatoms. The standard InChI is InChI=1S/C7H5ClF3NOS2/c8-5-3-12-7(14-5)15(13)2-1-4(9)6(10)11/h3H,1-2H2/t15-/m1/s1. The minimum absolute atomic E-state index is 0.215. The fourth-order valence-electron chi connectivity index (χ4n) is 0.709. The van der Waals surface area contributed by atoms with Gasteiger partial charge in [-0.3, -0.25) is 4.21 Å². The Morgan fingerprint density at radius 1 is 1.53 bits per heavy atom. The summed E-state index contributed by atoms with van der Waals surface area (Å²) in [7, 11) is -1.58. The fourth-order valence-corrected chi connectivity index (χ4v) is 3.09. The molecule has 0 amide bonds. The molecule has 0 aliphatic rings. The van der Waals surface area contributed by atoms with Crippen LogP contribution in [0.4, 0.5) is 13.2 Å². The molecule has 0 fully saturated rings. The van der Waals surface area contributed by atoms with Crippen LogP contribution >= 0.6 is 22.9 Å². The molecule has 1 rings (SSSR count). The van der Waals surface area contributed by atoms with Gasteiger partial charge in [0, 0.05) is 12.2 Å². The summed E-state index contributed by atoms with van der Waals surface area (Å²) in [5.74, 6) is -1.77. The van der Waals surface area contributed by atoms with Crippen molar-refractivity contribution < 1.29 is 17.4 Å². The maximum Gasteiger partial charge on any atom is 0.301 e. The zero-order chi connectivity index (χ0) is 11.4. The third-order valence-corrected chi connectivity index (χ3v) is 4.15. The van der Waals surface area contributed by atoms with Crippen molar-refractivity contribution >= 4 is 33.7 Å². The van der Waals surface area contributed by atoms with Crippen molar-refractivity contribution in [3.63, 3.8) is 0 Å². The summed E-state index contributed by atoms with van der Waals surface area (Å²) >= 11 is 6.52. The van der Waals surface area contributed by atoms with Crippen LogP contribution in [0.5, 0.6) is 0 Å². The Kier molecular flexibility index (Phi) is 4.75. The van der Waals surface area contributed by atoms with Crippen LogP contribution < -0.4 is 0 Å². The lowest BCUT2D eigenvalue weighted by Gasteiger charge is -1.95. The lowest BCUT2D eigenvalue weighted by atomic mass is 10.4. The number of thiazole rings is 1. The van der Waals surface area contributed by atoms with E-state index in [0.717, 1.165) is 11.3 Å². The zero-order valence-corrected chi connectivity index (χ0v) is 9.56. The van der Waals surface area contributed by atoms with Gasteiger partial charge in [-0.15, -0.1) is 0 Å². The average Bonchev–Trinajstić information content (AvgIpc) is 2.60. The van der Waals surface area contributed by atoms with E-state index in [1.807, 2.05) is 0 Å². The second-order valence-electron chi connectivity index (χ2n) is 2.40. The third kappa shape index (κ3) is 3.92. The molecule has 0 N–H and O–H groups in total. The molecule has 1 heterocycles. The van der Waals surface area contributed by atoms with Crippen LogP contribution in [0.25, 0.3) is 0 Å². The summed E-state index contributed by atoms with van der Waals surface area (Å²) in [5.41, 5.74) is 0. The van der Waals surface area contributed by atoms with Crippen molar-refractivity contribution in [2.75, 3.05) is 5.75 Å². The van der Waals surface area contributed by atoms with Gasteiger partial charge in [-0.25, -0.2) is 9.37 Å². The molecule has 0 radical (unpaired) electrons. The monoisotopic (exact) mass is 275 g/mol. The predicted molar refractivity (Wildman–Crippen MR) is 53.4 cm³/mol. The minimum atomic E-state index is -2.37. The second-order valence-corrected chi connectivity index (χ2v) is 5.80. The third-order valence-electron chi connectivity index (χ3n) is 1.36. The van der Waals surface area contributed by atoms with E-state index in [1.54, 1.807) is 0 Å². The van der Waals surface area contributed by atoms with Crippen molar-refractivity contribution in [3.8, 4) is 0 Å². The summed E-state index contributed by atoms with van der Waals surface area (Å²) in [6.07, 6.45) is -1.63. The molecular weight excluding hydrogens is 271 g/mol. The Morgan fingerprint density at radius 3 is 2.67 bits per heavy atom.